The van der Waals surface area contributed by atoms with Crippen LogP contribution in [0.15, 0.2) is 22.8 Å². The van der Waals surface area contributed by atoms with E-state index in [9.17, 15) is 5.11 Å². The van der Waals surface area contributed by atoms with Gasteiger partial charge in [-0.3, -0.25) is 4.98 Å². The summed E-state index contributed by atoms with van der Waals surface area (Å²) in [6.07, 6.45) is 7.21. The third-order valence-corrected chi connectivity index (χ3v) is 4.63. The van der Waals surface area contributed by atoms with Gasteiger partial charge in [-0.2, -0.15) is 0 Å². The van der Waals surface area contributed by atoms with Crippen molar-refractivity contribution in [3.63, 3.8) is 0 Å². The number of aromatic nitrogens is 1. The Morgan fingerprint density at radius 2 is 2.16 bits per heavy atom. The van der Waals surface area contributed by atoms with Crippen LogP contribution in [0.4, 0.5) is 0 Å². The average molecular weight is 327 g/mol. The lowest BCUT2D eigenvalue weighted by atomic mass is 9.78. The van der Waals surface area contributed by atoms with Gasteiger partial charge >= 0.3 is 0 Å². The first kappa shape index (κ1) is 14.9. The highest BCUT2D eigenvalue weighted by molar-refractivity contribution is 9.10. The Labute approximate surface area is 124 Å². The molecule has 0 radical (unpaired) electrons. The van der Waals surface area contributed by atoms with Crippen LogP contribution >= 0.6 is 15.9 Å². The van der Waals surface area contributed by atoms with Gasteiger partial charge in [-0.1, -0.05) is 13.3 Å². The maximum atomic E-state index is 10.5. The minimum Gasteiger partial charge on any atom is -0.389 e. The molecular weight excluding hydrogens is 304 g/mol. The Balaban J connectivity index is 1.74. The van der Waals surface area contributed by atoms with Crippen LogP contribution in [0.2, 0.25) is 0 Å². The van der Waals surface area contributed by atoms with Gasteiger partial charge in [0.05, 0.1) is 11.3 Å². The van der Waals surface area contributed by atoms with E-state index < -0.39 is 5.60 Å². The van der Waals surface area contributed by atoms with E-state index in [-0.39, 0.29) is 0 Å². The van der Waals surface area contributed by atoms with Gasteiger partial charge in [-0.25, -0.2) is 0 Å². The van der Waals surface area contributed by atoms with Gasteiger partial charge in [0, 0.05) is 23.8 Å². The molecule has 1 aromatic rings. The van der Waals surface area contributed by atoms with Crippen molar-refractivity contribution in [2.45, 2.75) is 51.2 Å². The van der Waals surface area contributed by atoms with Gasteiger partial charge in [0.15, 0.2) is 0 Å². The van der Waals surface area contributed by atoms with Gasteiger partial charge in [0.1, 0.15) is 0 Å². The molecule has 19 heavy (non-hydrogen) atoms. The molecule has 106 valence electrons. The summed E-state index contributed by atoms with van der Waals surface area (Å²) in [6.45, 7) is 3.63. The average Bonchev–Trinajstić information content (AvgIpc) is 2.42. The van der Waals surface area contributed by atoms with Crippen molar-refractivity contribution in [1.29, 1.82) is 0 Å². The van der Waals surface area contributed by atoms with Crippen LogP contribution in [0.5, 0.6) is 0 Å². The summed E-state index contributed by atoms with van der Waals surface area (Å²) in [6, 6.07) is 3.99. The molecule has 0 aliphatic heterocycles. The summed E-state index contributed by atoms with van der Waals surface area (Å²) in [5, 5.41) is 13.9. The number of nitrogens with one attached hydrogen (secondary N) is 1. The highest BCUT2D eigenvalue weighted by Crippen LogP contribution is 2.33. The molecule has 0 amide bonds. The normalized spacial score (nSPS) is 27.4. The van der Waals surface area contributed by atoms with Crippen LogP contribution in [-0.4, -0.2) is 22.2 Å². The quantitative estimate of drug-likeness (QED) is 0.872. The Morgan fingerprint density at radius 1 is 1.42 bits per heavy atom. The molecular formula is C15H23BrN2O. The van der Waals surface area contributed by atoms with E-state index in [1.807, 2.05) is 12.1 Å². The predicted molar refractivity (Wildman–Crippen MR) is 80.8 cm³/mol. The molecule has 0 atom stereocenters. The number of pyridine rings is 1. The summed E-state index contributed by atoms with van der Waals surface area (Å²) >= 11 is 3.37. The molecule has 1 aromatic heterocycles. The van der Waals surface area contributed by atoms with Crippen LogP contribution < -0.4 is 5.32 Å². The maximum Gasteiger partial charge on any atom is 0.0771 e. The molecule has 2 N–H and O–H groups in total. The molecule has 1 aliphatic carbocycles. The fourth-order valence-corrected chi connectivity index (χ4v) is 2.97. The molecule has 3 nitrogen and oxygen atoms in total. The fraction of sp³-hybridized carbons (Fsp3) is 0.667. The Bertz CT molecular complexity index is 386. The first-order valence-corrected chi connectivity index (χ1v) is 7.94. The smallest absolute Gasteiger partial charge is 0.0771 e. The van der Waals surface area contributed by atoms with Gasteiger partial charge in [0.2, 0.25) is 0 Å². The second-order valence-electron chi connectivity index (χ2n) is 5.65. The zero-order chi connectivity index (χ0) is 13.7. The van der Waals surface area contributed by atoms with E-state index in [4.69, 9.17) is 0 Å². The Morgan fingerprint density at radius 3 is 2.74 bits per heavy atom. The maximum absolute atomic E-state index is 10.5. The molecule has 0 aromatic carbocycles. The summed E-state index contributed by atoms with van der Waals surface area (Å²) in [5.41, 5.74) is 0.496. The predicted octanol–water partition coefficient (Wildman–Crippen LogP) is 3.27. The van der Waals surface area contributed by atoms with Crippen LogP contribution in [0.25, 0.3) is 0 Å². The number of nitrogens with zero attached hydrogens (tertiary/aromatic N) is 1. The number of rotatable bonds is 5. The second-order valence-corrected chi connectivity index (χ2v) is 6.56. The summed E-state index contributed by atoms with van der Waals surface area (Å²) in [4.78, 5) is 4.32. The highest BCUT2D eigenvalue weighted by atomic mass is 79.9. The molecule has 0 saturated heterocycles. The van der Waals surface area contributed by atoms with Crippen LogP contribution in [0.1, 0.15) is 44.7 Å². The molecule has 1 saturated carbocycles. The largest absolute Gasteiger partial charge is 0.389 e. The molecule has 0 spiro atoms. The molecule has 1 heterocycles. The standard InChI is InChI=1S/C15H23BrN2O/c1-2-12-5-7-15(19,8-6-12)11-17-10-14-4-3-13(16)9-18-14/h3-4,9,12,17,19H,2,5-8,10-11H2,1H3. The van der Waals surface area contributed by atoms with Crippen molar-refractivity contribution in [2.24, 2.45) is 5.92 Å². The monoisotopic (exact) mass is 326 g/mol. The van der Waals surface area contributed by atoms with Crippen molar-refractivity contribution >= 4 is 15.9 Å². The second kappa shape index (κ2) is 6.82. The van der Waals surface area contributed by atoms with E-state index in [0.717, 1.165) is 41.8 Å². The van der Waals surface area contributed by atoms with Crippen LogP contribution in [0, 0.1) is 5.92 Å². The van der Waals surface area contributed by atoms with E-state index in [2.05, 4.69) is 33.2 Å². The highest BCUT2D eigenvalue weighted by Gasteiger charge is 2.31. The lowest BCUT2D eigenvalue weighted by Gasteiger charge is -2.36. The van der Waals surface area contributed by atoms with Crippen molar-refractivity contribution in [2.75, 3.05) is 6.54 Å². The lowest BCUT2D eigenvalue weighted by molar-refractivity contribution is -0.00886. The summed E-state index contributed by atoms with van der Waals surface area (Å²) < 4.78 is 0.993. The Hall–Kier alpha value is -0.450. The van der Waals surface area contributed by atoms with Gasteiger partial charge in [0.25, 0.3) is 0 Å². The first-order valence-electron chi connectivity index (χ1n) is 7.15. The third-order valence-electron chi connectivity index (χ3n) is 4.16. The van der Waals surface area contributed by atoms with Gasteiger partial charge in [-0.05, 0) is 59.7 Å². The van der Waals surface area contributed by atoms with Crippen molar-refractivity contribution in [3.05, 3.63) is 28.5 Å². The summed E-state index contributed by atoms with van der Waals surface area (Å²) in [7, 11) is 0. The van der Waals surface area contributed by atoms with Crippen molar-refractivity contribution in [3.8, 4) is 0 Å². The number of aliphatic hydroxyl groups is 1. The number of hydrogen-bond donors (Lipinski definition) is 2. The zero-order valence-electron chi connectivity index (χ0n) is 11.5. The van der Waals surface area contributed by atoms with E-state index in [1.54, 1.807) is 6.20 Å². The molecule has 4 heteroatoms. The topological polar surface area (TPSA) is 45.1 Å². The van der Waals surface area contributed by atoms with Crippen LogP contribution in [-0.2, 0) is 6.54 Å². The lowest BCUT2D eigenvalue weighted by Crippen LogP contribution is -2.43. The zero-order valence-corrected chi connectivity index (χ0v) is 13.1. The van der Waals surface area contributed by atoms with Gasteiger partial charge in [-0.15, -0.1) is 0 Å². The van der Waals surface area contributed by atoms with Crippen molar-refractivity contribution in [1.82, 2.24) is 10.3 Å². The number of halogens is 1. The fourth-order valence-electron chi connectivity index (χ4n) is 2.73. The number of hydrogen-bond acceptors (Lipinski definition) is 3. The van der Waals surface area contributed by atoms with E-state index in [1.165, 1.54) is 6.42 Å². The van der Waals surface area contributed by atoms with Crippen LogP contribution in [0.3, 0.4) is 0 Å². The van der Waals surface area contributed by atoms with E-state index >= 15 is 0 Å². The molecule has 0 unspecified atom stereocenters. The first-order chi connectivity index (χ1) is 9.11. The molecule has 2 rings (SSSR count). The SMILES string of the molecule is CCC1CCC(O)(CNCc2ccc(Br)cn2)CC1. The van der Waals surface area contributed by atoms with E-state index in [0.29, 0.717) is 13.1 Å². The molecule has 1 fully saturated rings. The van der Waals surface area contributed by atoms with Crippen molar-refractivity contribution < 1.29 is 5.11 Å². The third kappa shape index (κ3) is 4.55. The Kier molecular flexibility index (Phi) is 5.37. The molecule has 1 aliphatic rings. The minimum atomic E-state index is -0.513. The minimum absolute atomic E-state index is 0.513. The van der Waals surface area contributed by atoms with Gasteiger partial charge < -0.3 is 10.4 Å². The molecule has 0 bridgehead atoms. The summed E-state index contributed by atoms with van der Waals surface area (Å²) in [5.74, 6) is 0.813.